The Balaban J connectivity index is 1.70. The molecular formula is C18H15F3N4O4. The molecule has 1 aliphatic rings. The quantitative estimate of drug-likeness (QED) is 0.689. The van der Waals surface area contributed by atoms with Crippen LogP contribution in [0.1, 0.15) is 22.8 Å². The maximum atomic E-state index is 12.9. The van der Waals surface area contributed by atoms with Gasteiger partial charge in [-0.3, -0.25) is 4.79 Å². The Kier molecular flexibility index (Phi) is 4.34. The second-order valence-corrected chi connectivity index (χ2v) is 6.79. The number of fused-ring (bicyclic) bond motifs is 2. The molecule has 0 aliphatic carbocycles. The topological polar surface area (TPSA) is 98.0 Å². The third kappa shape index (κ3) is 3.68. The number of anilines is 1. The lowest BCUT2D eigenvalue weighted by molar-refractivity contribution is -0.274. The Hall–Kier alpha value is -3.34. The number of halogens is 3. The third-order valence-electron chi connectivity index (χ3n) is 4.42. The summed E-state index contributed by atoms with van der Waals surface area (Å²) in [6.07, 6.45) is -0.402. The smallest absolute Gasteiger partial charge is 0.484 e. The molecule has 0 unspecified atom stereocenters. The van der Waals surface area contributed by atoms with Crippen LogP contribution in [-0.2, 0) is 6.42 Å². The standard InChI is InChI=1S/C18H15F3N4O4/c1-17(9-26)7-10-5-12(14(6-13(10)28-17)29-18(19,20)21)24-16(27)11-8-23-25-4-2-3-22-15(11)25/h2-6,8,26H,7,9H2,1H3,(H,24,27)/t17-/m1/s1. The number of aliphatic hydroxyl groups is 1. The first-order chi connectivity index (χ1) is 13.7. The van der Waals surface area contributed by atoms with Gasteiger partial charge in [-0.25, -0.2) is 9.50 Å². The molecule has 2 N–H and O–H groups in total. The molecule has 0 saturated heterocycles. The van der Waals surface area contributed by atoms with Gasteiger partial charge in [0.15, 0.2) is 11.4 Å². The number of benzene rings is 1. The molecule has 0 fully saturated rings. The van der Waals surface area contributed by atoms with Gasteiger partial charge in [0.1, 0.15) is 16.9 Å². The molecule has 1 amide bonds. The number of hydrogen-bond acceptors (Lipinski definition) is 6. The van der Waals surface area contributed by atoms with Crippen LogP contribution in [0.3, 0.4) is 0 Å². The van der Waals surface area contributed by atoms with Crippen molar-refractivity contribution in [1.29, 1.82) is 0 Å². The summed E-state index contributed by atoms with van der Waals surface area (Å²) in [7, 11) is 0. The van der Waals surface area contributed by atoms with Gasteiger partial charge in [0.2, 0.25) is 0 Å². The molecule has 0 spiro atoms. The highest BCUT2D eigenvalue weighted by atomic mass is 19.4. The van der Waals surface area contributed by atoms with Gasteiger partial charge >= 0.3 is 6.36 Å². The minimum Gasteiger partial charge on any atom is -0.484 e. The van der Waals surface area contributed by atoms with Crippen molar-refractivity contribution in [1.82, 2.24) is 14.6 Å². The SMILES string of the molecule is C[C@]1(CO)Cc2cc(NC(=O)c3cnn4cccnc34)c(OC(F)(F)F)cc2O1. The Morgan fingerprint density at radius 2 is 2.24 bits per heavy atom. The Morgan fingerprint density at radius 1 is 1.45 bits per heavy atom. The van der Waals surface area contributed by atoms with E-state index in [2.05, 4.69) is 20.1 Å². The summed E-state index contributed by atoms with van der Waals surface area (Å²) in [5.74, 6) is -1.18. The number of amides is 1. The van der Waals surface area contributed by atoms with Crippen LogP contribution in [0, 0.1) is 0 Å². The second-order valence-electron chi connectivity index (χ2n) is 6.79. The van der Waals surface area contributed by atoms with Crippen LogP contribution < -0.4 is 14.8 Å². The fourth-order valence-electron chi connectivity index (χ4n) is 3.12. The maximum Gasteiger partial charge on any atom is 0.573 e. The second kappa shape index (κ2) is 6.62. The molecule has 3 heterocycles. The first kappa shape index (κ1) is 19.0. The number of hydrogen-bond donors (Lipinski definition) is 2. The number of ether oxygens (including phenoxy) is 2. The van der Waals surface area contributed by atoms with Crippen LogP contribution in [0.2, 0.25) is 0 Å². The number of rotatable bonds is 4. The molecule has 11 heteroatoms. The van der Waals surface area contributed by atoms with E-state index in [0.29, 0.717) is 5.56 Å². The lowest BCUT2D eigenvalue weighted by Crippen LogP contribution is -2.34. The number of aromatic nitrogens is 3. The summed E-state index contributed by atoms with van der Waals surface area (Å²) in [4.78, 5) is 16.7. The first-order valence-corrected chi connectivity index (χ1v) is 8.50. The van der Waals surface area contributed by atoms with Crippen molar-refractivity contribution in [3.63, 3.8) is 0 Å². The predicted molar refractivity (Wildman–Crippen MR) is 93.9 cm³/mol. The van der Waals surface area contributed by atoms with Crippen LogP contribution >= 0.6 is 0 Å². The van der Waals surface area contributed by atoms with Crippen molar-refractivity contribution in [3.8, 4) is 11.5 Å². The molecule has 3 aromatic rings. The molecule has 0 radical (unpaired) electrons. The number of alkyl halides is 3. The van der Waals surface area contributed by atoms with Crippen molar-refractivity contribution < 1.29 is 32.5 Å². The van der Waals surface area contributed by atoms with Gasteiger partial charge in [-0.15, -0.1) is 13.2 Å². The van der Waals surface area contributed by atoms with E-state index in [1.807, 2.05) is 0 Å². The minimum atomic E-state index is -4.97. The summed E-state index contributed by atoms with van der Waals surface area (Å²) in [5, 5.41) is 15.9. The van der Waals surface area contributed by atoms with Gasteiger partial charge in [0.05, 0.1) is 18.5 Å². The van der Waals surface area contributed by atoms with Crippen molar-refractivity contribution in [2.75, 3.05) is 11.9 Å². The lowest BCUT2D eigenvalue weighted by atomic mass is 10.00. The molecule has 8 nitrogen and oxygen atoms in total. The average Bonchev–Trinajstić information content (AvgIpc) is 3.21. The van der Waals surface area contributed by atoms with Gasteiger partial charge in [0.25, 0.3) is 5.91 Å². The number of nitrogens with zero attached hydrogens (tertiary/aromatic N) is 3. The Labute approximate surface area is 161 Å². The normalized spacial score (nSPS) is 18.4. The predicted octanol–water partition coefficient (Wildman–Crippen LogP) is 2.57. The van der Waals surface area contributed by atoms with Crippen molar-refractivity contribution >= 4 is 17.2 Å². The molecule has 29 heavy (non-hydrogen) atoms. The first-order valence-electron chi connectivity index (χ1n) is 8.50. The van der Waals surface area contributed by atoms with Gasteiger partial charge < -0.3 is 19.9 Å². The van der Waals surface area contributed by atoms with E-state index in [1.54, 1.807) is 19.2 Å². The van der Waals surface area contributed by atoms with Crippen molar-refractivity contribution in [2.45, 2.75) is 25.3 Å². The Bertz CT molecular complexity index is 1100. The van der Waals surface area contributed by atoms with Gasteiger partial charge in [-0.05, 0) is 19.1 Å². The molecule has 1 atom stereocenters. The van der Waals surface area contributed by atoms with Gasteiger partial charge in [-0.1, -0.05) is 0 Å². The van der Waals surface area contributed by atoms with Crippen LogP contribution in [-0.4, -0.2) is 44.2 Å². The summed E-state index contributed by atoms with van der Waals surface area (Å²) in [6.45, 7) is 1.30. The summed E-state index contributed by atoms with van der Waals surface area (Å²) >= 11 is 0. The van der Waals surface area contributed by atoms with Crippen LogP contribution in [0.15, 0.2) is 36.8 Å². The van der Waals surface area contributed by atoms with Gasteiger partial charge in [-0.2, -0.15) is 5.10 Å². The highest BCUT2D eigenvalue weighted by molar-refractivity contribution is 6.08. The average molecular weight is 408 g/mol. The van der Waals surface area contributed by atoms with Crippen LogP contribution in [0.4, 0.5) is 18.9 Å². The molecule has 1 aliphatic heterocycles. The number of nitrogens with one attached hydrogen (secondary N) is 1. The monoisotopic (exact) mass is 408 g/mol. The summed E-state index contributed by atoms with van der Waals surface area (Å²) in [5.41, 5.74) is -0.287. The molecule has 152 valence electrons. The van der Waals surface area contributed by atoms with E-state index < -0.39 is 23.6 Å². The molecule has 4 rings (SSSR count). The van der Waals surface area contributed by atoms with Crippen molar-refractivity contribution in [3.05, 3.63) is 47.9 Å². The molecule has 0 bridgehead atoms. The largest absolute Gasteiger partial charge is 0.573 e. The highest BCUT2D eigenvalue weighted by Crippen LogP contribution is 2.43. The number of carbonyl (C=O) groups excluding carboxylic acids is 1. The lowest BCUT2D eigenvalue weighted by Gasteiger charge is -2.20. The summed E-state index contributed by atoms with van der Waals surface area (Å²) < 4.78 is 49.6. The number of carbonyl (C=O) groups is 1. The van der Waals surface area contributed by atoms with E-state index in [-0.39, 0.29) is 35.7 Å². The van der Waals surface area contributed by atoms with E-state index in [1.165, 1.54) is 23.0 Å². The highest BCUT2D eigenvalue weighted by Gasteiger charge is 2.38. The zero-order valence-electron chi connectivity index (χ0n) is 15.0. The van der Waals surface area contributed by atoms with Crippen LogP contribution in [0.5, 0.6) is 11.5 Å². The zero-order chi connectivity index (χ0) is 20.8. The van der Waals surface area contributed by atoms with E-state index in [0.717, 1.165) is 6.07 Å². The maximum absolute atomic E-state index is 12.9. The van der Waals surface area contributed by atoms with E-state index in [9.17, 15) is 23.1 Å². The fourth-order valence-corrected chi connectivity index (χ4v) is 3.12. The zero-order valence-corrected chi connectivity index (χ0v) is 15.0. The van der Waals surface area contributed by atoms with E-state index >= 15 is 0 Å². The van der Waals surface area contributed by atoms with Gasteiger partial charge in [0, 0.05) is 30.4 Å². The molecule has 1 aromatic carbocycles. The third-order valence-corrected chi connectivity index (χ3v) is 4.42. The minimum absolute atomic E-state index is 0.0838. The molecule has 0 saturated carbocycles. The molecular weight excluding hydrogens is 393 g/mol. The van der Waals surface area contributed by atoms with Crippen molar-refractivity contribution in [2.24, 2.45) is 0 Å². The van der Waals surface area contributed by atoms with E-state index in [4.69, 9.17) is 4.74 Å². The Morgan fingerprint density at radius 3 is 2.97 bits per heavy atom. The number of aliphatic hydroxyl groups excluding tert-OH is 1. The summed E-state index contributed by atoms with van der Waals surface area (Å²) in [6, 6.07) is 4.01. The fraction of sp³-hybridized carbons (Fsp3) is 0.278. The molecule has 2 aromatic heterocycles. The van der Waals surface area contributed by atoms with Crippen LogP contribution in [0.25, 0.3) is 5.65 Å².